The predicted molar refractivity (Wildman–Crippen MR) is 75.1 cm³/mol. The molecule has 0 aliphatic rings. The van der Waals surface area contributed by atoms with Crippen LogP contribution in [0.15, 0.2) is 24.3 Å². The summed E-state index contributed by atoms with van der Waals surface area (Å²) in [5, 5.41) is 5.93. The van der Waals surface area contributed by atoms with Crippen molar-refractivity contribution in [2.24, 2.45) is 0 Å². The molecule has 1 rings (SSSR count). The Morgan fingerprint density at radius 3 is 2.47 bits per heavy atom. The topological polar surface area (TPSA) is 59.6 Å². The number of carbonyl (C=O) groups is 1. The number of benzene rings is 1. The van der Waals surface area contributed by atoms with Gasteiger partial charge in [0.15, 0.2) is 6.29 Å². The third-order valence-corrected chi connectivity index (χ3v) is 2.90. The number of amides is 1. The molecule has 106 valence electrons. The van der Waals surface area contributed by atoms with E-state index in [1.165, 1.54) is 0 Å². The highest BCUT2D eigenvalue weighted by Gasteiger charge is 2.17. The first-order valence-corrected chi connectivity index (χ1v) is 6.23. The highest BCUT2D eigenvalue weighted by atomic mass is 16.7. The van der Waals surface area contributed by atoms with Crippen LogP contribution in [0.1, 0.15) is 12.5 Å². The molecule has 5 heteroatoms. The second-order valence-electron chi connectivity index (χ2n) is 4.28. The van der Waals surface area contributed by atoms with Crippen LogP contribution < -0.4 is 10.6 Å². The number of methoxy groups -OCH3 is 2. The van der Waals surface area contributed by atoms with Gasteiger partial charge in [-0.3, -0.25) is 4.79 Å². The Balaban J connectivity index is 2.80. The molecular weight excluding hydrogens is 244 g/mol. The summed E-state index contributed by atoms with van der Waals surface area (Å²) in [6.45, 7) is 1.97. The minimum Gasteiger partial charge on any atom is -0.377 e. The lowest BCUT2D eigenvalue weighted by atomic mass is 10.1. The maximum atomic E-state index is 11.5. The van der Waals surface area contributed by atoms with Crippen molar-refractivity contribution in [1.82, 2.24) is 5.32 Å². The number of hydrogen-bond donors (Lipinski definition) is 2. The van der Waals surface area contributed by atoms with Crippen molar-refractivity contribution in [2.45, 2.75) is 25.7 Å². The average molecular weight is 266 g/mol. The van der Waals surface area contributed by atoms with Crippen molar-refractivity contribution in [2.75, 3.05) is 26.6 Å². The van der Waals surface area contributed by atoms with Crippen LogP contribution in [0.2, 0.25) is 0 Å². The van der Waals surface area contributed by atoms with E-state index >= 15 is 0 Å². The highest BCUT2D eigenvalue weighted by molar-refractivity contribution is 5.80. The Hall–Kier alpha value is -1.59. The molecule has 0 fully saturated rings. The van der Waals surface area contributed by atoms with Crippen molar-refractivity contribution < 1.29 is 14.3 Å². The number of rotatable bonds is 7. The van der Waals surface area contributed by atoms with Gasteiger partial charge in [0.25, 0.3) is 0 Å². The Kier molecular flexibility index (Phi) is 6.32. The fourth-order valence-electron chi connectivity index (χ4n) is 1.89. The number of likely N-dealkylation sites (N-methyl/N-ethyl adjacent to an activating group) is 1. The van der Waals surface area contributed by atoms with E-state index in [9.17, 15) is 4.79 Å². The summed E-state index contributed by atoms with van der Waals surface area (Å²) in [6.07, 6.45) is 0.00451. The van der Waals surface area contributed by atoms with Crippen LogP contribution >= 0.6 is 0 Å². The van der Waals surface area contributed by atoms with Gasteiger partial charge in [0, 0.05) is 27.0 Å². The first-order chi connectivity index (χ1) is 9.12. The normalized spacial score (nSPS) is 12.3. The summed E-state index contributed by atoms with van der Waals surface area (Å²) in [7, 11) is 4.83. The summed E-state index contributed by atoms with van der Waals surface area (Å²) < 4.78 is 10.4. The molecule has 1 aromatic carbocycles. The summed E-state index contributed by atoms with van der Waals surface area (Å²) in [4.78, 5) is 11.5. The molecule has 0 aliphatic carbocycles. The van der Waals surface area contributed by atoms with Crippen LogP contribution in [0.4, 0.5) is 5.69 Å². The zero-order chi connectivity index (χ0) is 14.3. The van der Waals surface area contributed by atoms with Gasteiger partial charge in [-0.15, -0.1) is 0 Å². The molecule has 1 unspecified atom stereocenters. The molecule has 19 heavy (non-hydrogen) atoms. The van der Waals surface area contributed by atoms with E-state index in [1.54, 1.807) is 21.3 Å². The lowest BCUT2D eigenvalue weighted by molar-refractivity contribution is -0.119. The lowest BCUT2D eigenvalue weighted by Crippen LogP contribution is -2.34. The number of hydrogen-bond acceptors (Lipinski definition) is 4. The van der Waals surface area contributed by atoms with Crippen molar-refractivity contribution in [3.05, 3.63) is 29.8 Å². The summed E-state index contributed by atoms with van der Waals surface area (Å²) in [5.74, 6) is -0.0167. The first kappa shape index (κ1) is 15.5. The van der Waals surface area contributed by atoms with Gasteiger partial charge < -0.3 is 20.1 Å². The van der Waals surface area contributed by atoms with E-state index in [0.29, 0.717) is 6.42 Å². The van der Waals surface area contributed by atoms with Gasteiger partial charge in [-0.05, 0) is 18.6 Å². The van der Waals surface area contributed by atoms with Gasteiger partial charge in [-0.2, -0.15) is 0 Å². The molecule has 5 nitrogen and oxygen atoms in total. The maximum absolute atomic E-state index is 11.5. The number of ether oxygens (including phenoxy) is 2. The summed E-state index contributed by atoms with van der Waals surface area (Å²) in [5.41, 5.74) is 1.86. The summed E-state index contributed by atoms with van der Waals surface area (Å²) >= 11 is 0. The Bertz CT molecular complexity index is 405. The van der Waals surface area contributed by atoms with Crippen molar-refractivity contribution >= 4 is 11.6 Å². The van der Waals surface area contributed by atoms with Gasteiger partial charge in [-0.1, -0.05) is 18.2 Å². The number of nitrogens with one attached hydrogen (secondary N) is 2. The van der Waals surface area contributed by atoms with E-state index in [2.05, 4.69) is 10.6 Å². The quantitative estimate of drug-likeness (QED) is 0.732. The van der Waals surface area contributed by atoms with Crippen LogP contribution in [0.25, 0.3) is 0 Å². The van der Waals surface area contributed by atoms with Gasteiger partial charge in [-0.25, -0.2) is 0 Å². The van der Waals surface area contributed by atoms with Gasteiger partial charge in [0.2, 0.25) is 5.91 Å². The van der Waals surface area contributed by atoms with Crippen LogP contribution in [-0.4, -0.2) is 39.5 Å². The molecule has 1 atom stereocenters. The Labute approximate surface area is 114 Å². The number of anilines is 1. The van der Waals surface area contributed by atoms with Crippen molar-refractivity contribution in [1.29, 1.82) is 0 Å². The standard InChI is InChI=1S/C14H22N2O3/c1-10(14(18-3)19-4)16-12-8-6-5-7-11(12)9-13(17)15-2/h5-8,10,14,16H,9H2,1-4H3,(H,15,17). The molecule has 0 bridgehead atoms. The number of para-hydroxylation sites is 1. The predicted octanol–water partition coefficient (Wildman–Crippen LogP) is 1.39. The molecule has 2 N–H and O–H groups in total. The molecule has 0 spiro atoms. The minimum atomic E-state index is -0.340. The van der Waals surface area contributed by atoms with Crippen molar-refractivity contribution in [3.8, 4) is 0 Å². The third-order valence-electron chi connectivity index (χ3n) is 2.90. The Morgan fingerprint density at radius 2 is 1.89 bits per heavy atom. The highest BCUT2D eigenvalue weighted by Crippen LogP contribution is 2.18. The third kappa shape index (κ3) is 4.54. The average Bonchev–Trinajstić information content (AvgIpc) is 2.42. The lowest BCUT2D eigenvalue weighted by Gasteiger charge is -2.24. The smallest absolute Gasteiger partial charge is 0.224 e. The molecule has 0 aromatic heterocycles. The number of carbonyl (C=O) groups excluding carboxylic acids is 1. The van der Waals surface area contributed by atoms with E-state index in [4.69, 9.17) is 9.47 Å². The maximum Gasteiger partial charge on any atom is 0.224 e. The van der Waals surface area contributed by atoms with E-state index in [1.807, 2.05) is 31.2 Å². The van der Waals surface area contributed by atoms with Crippen LogP contribution in [0.5, 0.6) is 0 Å². The van der Waals surface area contributed by atoms with Crippen LogP contribution in [-0.2, 0) is 20.7 Å². The second kappa shape index (κ2) is 7.76. The largest absolute Gasteiger partial charge is 0.377 e. The Morgan fingerprint density at radius 1 is 1.26 bits per heavy atom. The second-order valence-corrected chi connectivity index (χ2v) is 4.28. The molecular formula is C14H22N2O3. The van der Waals surface area contributed by atoms with E-state index < -0.39 is 0 Å². The van der Waals surface area contributed by atoms with E-state index in [-0.39, 0.29) is 18.2 Å². The molecule has 0 saturated carbocycles. The monoisotopic (exact) mass is 266 g/mol. The zero-order valence-corrected chi connectivity index (χ0v) is 11.9. The van der Waals surface area contributed by atoms with Crippen LogP contribution in [0.3, 0.4) is 0 Å². The summed E-state index contributed by atoms with van der Waals surface area (Å²) in [6, 6.07) is 7.69. The zero-order valence-electron chi connectivity index (χ0n) is 11.9. The molecule has 1 amide bonds. The minimum absolute atomic E-state index is 0.0167. The molecule has 0 aliphatic heterocycles. The van der Waals surface area contributed by atoms with Gasteiger partial charge in [0.05, 0.1) is 12.5 Å². The molecule has 0 heterocycles. The van der Waals surface area contributed by atoms with Crippen molar-refractivity contribution in [3.63, 3.8) is 0 Å². The van der Waals surface area contributed by atoms with Gasteiger partial charge >= 0.3 is 0 Å². The van der Waals surface area contributed by atoms with Crippen LogP contribution in [0, 0.1) is 0 Å². The van der Waals surface area contributed by atoms with Gasteiger partial charge in [0.1, 0.15) is 0 Å². The van der Waals surface area contributed by atoms with E-state index in [0.717, 1.165) is 11.3 Å². The molecule has 0 radical (unpaired) electrons. The molecule has 0 saturated heterocycles. The fraction of sp³-hybridized carbons (Fsp3) is 0.500. The SMILES string of the molecule is CNC(=O)Cc1ccccc1NC(C)C(OC)OC. The fourth-order valence-corrected chi connectivity index (χ4v) is 1.89. The first-order valence-electron chi connectivity index (χ1n) is 6.23. The molecule has 1 aromatic rings.